The number of amides is 1. The van der Waals surface area contributed by atoms with Crippen LogP contribution in [0.25, 0.3) is 0 Å². The van der Waals surface area contributed by atoms with E-state index >= 15 is 0 Å². The molecule has 1 aliphatic rings. The molecule has 0 aliphatic carbocycles. The number of rotatable bonds is 3. The Kier molecular flexibility index (Phi) is 4.95. The van der Waals surface area contributed by atoms with Crippen LogP contribution in [0.4, 0.5) is 0 Å². The lowest BCUT2D eigenvalue weighted by Gasteiger charge is -2.37. The molecular weight excluding hydrogens is 214 g/mol. The molecular formula is C13H27N3O. The maximum atomic E-state index is 12.1. The third kappa shape index (κ3) is 4.28. The van der Waals surface area contributed by atoms with E-state index in [0.717, 1.165) is 32.7 Å². The van der Waals surface area contributed by atoms with Gasteiger partial charge in [-0.25, -0.2) is 0 Å². The summed E-state index contributed by atoms with van der Waals surface area (Å²) in [5, 5.41) is 0. The quantitative estimate of drug-likeness (QED) is 0.734. The first-order valence-corrected chi connectivity index (χ1v) is 6.56. The second kappa shape index (κ2) is 5.83. The predicted octanol–water partition coefficient (Wildman–Crippen LogP) is 0.881. The maximum Gasteiger partial charge on any atom is 0.236 e. The summed E-state index contributed by atoms with van der Waals surface area (Å²) in [5.74, 6) is 0.224. The van der Waals surface area contributed by atoms with Crippen molar-refractivity contribution in [3.63, 3.8) is 0 Å². The van der Waals surface area contributed by atoms with Crippen molar-refractivity contribution in [2.45, 2.75) is 33.2 Å². The first kappa shape index (κ1) is 14.5. The minimum atomic E-state index is -0.0810. The van der Waals surface area contributed by atoms with Crippen LogP contribution < -0.4 is 0 Å². The number of carbonyl (C=O) groups excluding carboxylic acids is 1. The molecule has 0 radical (unpaired) electrons. The Morgan fingerprint density at radius 1 is 1.12 bits per heavy atom. The van der Waals surface area contributed by atoms with E-state index in [1.165, 1.54) is 0 Å². The molecule has 0 N–H and O–H groups in total. The molecule has 0 spiro atoms. The van der Waals surface area contributed by atoms with Gasteiger partial charge in [0.25, 0.3) is 0 Å². The van der Waals surface area contributed by atoms with Crippen molar-refractivity contribution in [1.29, 1.82) is 0 Å². The molecule has 1 heterocycles. The van der Waals surface area contributed by atoms with E-state index in [2.05, 4.69) is 37.5 Å². The zero-order chi connectivity index (χ0) is 13.1. The molecule has 0 aromatic heterocycles. The highest BCUT2D eigenvalue weighted by atomic mass is 16.2. The van der Waals surface area contributed by atoms with E-state index < -0.39 is 0 Å². The van der Waals surface area contributed by atoms with Gasteiger partial charge < -0.3 is 9.80 Å². The van der Waals surface area contributed by atoms with Gasteiger partial charge in [-0.15, -0.1) is 0 Å². The first-order valence-electron chi connectivity index (χ1n) is 6.56. The molecule has 1 aliphatic heterocycles. The van der Waals surface area contributed by atoms with Crippen LogP contribution in [-0.2, 0) is 4.79 Å². The number of hydrogen-bond donors (Lipinski definition) is 0. The molecule has 0 aromatic rings. The van der Waals surface area contributed by atoms with Gasteiger partial charge in [0, 0.05) is 38.8 Å². The molecule has 4 nitrogen and oxygen atoms in total. The summed E-state index contributed by atoms with van der Waals surface area (Å²) in [6.45, 7) is 14.3. The third-order valence-electron chi connectivity index (χ3n) is 3.65. The number of nitrogens with zero attached hydrogens (tertiary/aromatic N) is 3. The summed E-state index contributed by atoms with van der Waals surface area (Å²) >= 11 is 0. The van der Waals surface area contributed by atoms with Crippen molar-refractivity contribution >= 4 is 5.91 Å². The average molecular weight is 241 g/mol. The van der Waals surface area contributed by atoms with Gasteiger partial charge in [0.2, 0.25) is 5.91 Å². The van der Waals surface area contributed by atoms with Crippen molar-refractivity contribution < 1.29 is 4.79 Å². The molecule has 0 bridgehead atoms. The Balaban J connectivity index is 2.38. The van der Waals surface area contributed by atoms with Gasteiger partial charge in [-0.3, -0.25) is 9.69 Å². The van der Waals surface area contributed by atoms with Gasteiger partial charge in [0.1, 0.15) is 0 Å². The van der Waals surface area contributed by atoms with Crippen LogP contribution >= 0.6 is 0 Å². The van der Waals surface area contributed by atoms with Crippen LogP contribution in [0.5, 0.6) is 0 Å². The van der Waals surface area contributed by atoms with Gasteiger partial charge in [-0.05, 0) is 27.3 Å². The molecule has 1 fully saturated rings. The summed E-state index contributed by atoms with van der Waals surface area (Å²) in [6.07, 6.45) is 0. The summed E-state index contributed by atoms with van der Waals surface area (Å²) in [4.78, 5) is 18.6. The fourth-order valence-electron chi connectivity index (χ4n) is 1.94. The van der Waals surface area contributed by atoms with Gasteiger partial charge in [0.15, 0.2) is 0 Å². The summed E-state index contributed by atoms with van der Waals surface area (Å²) < 4.78 is 0. The van der Waals surface area contributed by atoms with Gasteiger partial charge in [0.05, 0.1) is 6.54 Å². The Morgan fingerprint density at radius 2 is 1.59 bits per heavy atom. The monoisotopic (exact) mass is 241 g/mol. The van der Waals surface area contributed by atoms with E-state index in [1.807, 2.05) is 11.9 Å². The SMILES string of the molecule is CCN1CCN(CC(=O)N(C)C(C)(C)C)CC1. The topological polar surface area (TPSA) is 26.8 Å². The van der Waals surface area contributed by atoms with Crippen molar-refractivity contribution in [3.8, 4) is 0 Å². The lowest BCUT2D eigenvalue weighted by Crippen LogP contribution is -2.52. The second-order valence-electron chi connectivity index (χ2n) is 5.83. The summed E-state index contributed by atoms with van der Waals surface area (Å²) in [6, 6.07) is 0. The van der Waals surface area contributed by atoms with E-state index in [4.69, 9.17) is 0 Å². The Labute approximate surface area is 106 Å². The fraction of sp³-hybridized carbons (Fsp3) is 0.923. The third-order valence-corrected chi connectivity index (χ3v) is 3.65. The number of piperazine rings is 1. The predicted molar refractivity (Wildman–Crippen MR) is 71.1 cm³/mol. The smallest absolute Gasteiger partial charge is 0.236 e. The Bertz CT molecular complexity index is 252. The standard InChI is InChI=1S/C13H27N3O/c1-6-15-7-9-16(10-8-15)11-12(17)14(5)13(2,3)4/h6-11H2,1-5H3. The van der Waals surface area contributed by atoms with Crippen LogP contribution in [-0.4, -0.2) is 72.5 Å². The molecule has 0 atom stereocenters. The maximum absolute atomic E-state index is 12.1. The van der Waals surface area contributed by atoms with E-state index in [1.54, 1.807) is 0 Å². The van der Waals surface area contributed by atoms with Crippen LogP contribution in [0.2, 0.25) is 0 Å². The Morgan fingerprint density at radius 3 is 2.00 bits per heavy atom. The highest BCUT2D eigenvalue weighted by Crippen LogP contribution is 2.11. The van der Waals surface area contributed by atoms with Crippen molar-refractivity contribution in [1.82, 2.24) is 14.7 Å². The fourth-order valence-corrected chi connectivity index (χ4v) is 1.94. The highest BCUT2D eigenvalue weighted by Gasteiger charge is 2.25. The molecule has 1 amide bonds. The molecule has 0 aromatic carbocycles. The average Bonchev–Trinajstić information content (AvgIpc) is 2.27. The number of hydrogen-bond acceptors (Lipinski definition) is 3. The molecule has 1 saturated heterocycles. The molecule has 100 valence electrons. The number of likely N-dealkylation sites (N-methyl/N-ethyl adjacent to an activating group) is 2. The van der Waals surface area contributed by atoms with Crippen LogP contribution in [0.15, 0.2) is 0 Å². The lowest BCUT2D eigenvalue weighted by atomic mass is 10.1. The van der Waals surface area contributed by atoms with Crippen molar-refractivity contribution in [2.24, 2.45) is 0 Å². The molecule has 4 heteroatoms. The van der Waals surface area contributed by atoms with Crippen LogP contribution in [0.3, 0.4) is 0 Å². The van der Waals surface area contributed by atoms with Crippen molar-refractivity contribution in [3.05, 3.63) is 0 Å². The molecule has 17 heavy (non-hydrogen) atoms. The number of carbonyl (C=O) groups is 1. The lowest BCUT2D eigenvalue weighted by molar-refractivity contribution is -0.135. The zero-order valence-corrected chi connectivity index (χ0v) is 12.0. The zero-order valence-electron chi connectivity index (χ0n) is 12.0. The highest BCUT2D eigenvalue weighted by molar-refractivity contribution is 5.78. The molecule has 0 saturated carbocycles. The van der Waals surface area contributed by atoms with E-state index in [0.29, 0.717) is 6.54 Å². The minimum absolute atomic E-state index is 0.0810. The van der Waals surface area contributed by atoms with E-state index in [-0.39, 0.29) is 11.4 Å². The van der Waals surface area contributed by atoms with Crippen molar-refractivity contribution in [2.75, 3.05) is 46.3 Å². The first-order chi connectivity index (χ1) is 7.84. The van der Waals surface area contributed by atoms with Gasteiger partial charge in [-0.2, -0.15) is 0 Å². The summed E-state index contributed by atoms with van der Waals surface area (Å²) in [5.41, 5.74) is -0.0810. The largest absolute Gasteiger partial charge is 0.340 e. The van der Waals surface area contributed by atoms with Gasteiger partial charge >= 0.3 is 0 Å². The normalized spacial score (nSPS) is 19.4. The van der Waals surface area contributed by atoms with Gasteiger partial charge in [-0.1, -0.05) is 6.92 Å². The van der Waals surface area contributed by atoms with E-state index in [9.17, 15) is 4.79 Å². The molecule has 1 rings (SSSR count). The Hall–Kier alpha value is -0.610. The van der Waals surface area contributed by atoms with Crippen LogP contribution in [0, 0.1) is 0 Å². The summed E-state index contributed by atoms with van der Waals surface area (Å²) in [7, 11) is 1.89. The second-order valence-corrected chi connectivity index (χ2v) is 5.83. The molecule has 0 unspecified atom stereocenters. The minimum Gasteiger partial charge on any atom is -0.340 e. The van der Waals surface area contributed by atoms with Crippen LogP contribution in [0.1, 0.15) is 27.7 Å².